The molecule has 0 spiro atoms. The molecule has 5 unspecified atom stereocenters. The molecule has 0 aliphatic carbocycles. The number of ether oxygens (including phenoxy) is 4. The number of aryl methyl sites for hydroxylation is 1. The number of nitrogens with zero attached hydrogens (tertiary/aromatic N) is 3. The normalized spacial score (nSPS) is 21.7. The molecule has 0 radical (unpaired) electrons. The fraction of sp³-hybridized carbons (Fsp3) is 0.393. The third kappa shape index (κ3) is 8.27. The first kappa shape index (κ1) is 32.3. The van der Waals surface area contributed by atoms with Crippen LogP contribution in [0.3, 0.4) is 0 Å². The van der Waals surface area contributed by atoms with E-state index in [2.05, 4.69) is 10.3 Å². The third-order valence-electron chi connectivity index (χ3n) is 6.33. The Balaban J connectivity index is 1.72. The second kappa shape index (κ2) is 14.2. The maximum atomic E-state index is 14.0. The Labute approximate surface area is 253 Å². The van der Waals surface area contributed by atoms with Crippen molar-refractivity contribution in [2.24, 2.45) is 0 Å². The Kier molecular flexibility index (Phi) is 10.7. The average molecular weight is 642 g/mol. The Morgan fingerprint density at radius 3 is 2.30 bits per heavy atom. The molecule has 1 aliphatic rings. The lowest BCUT2D eigenvalue weighted by Crippen LogP contribution is -2.58. The van der Waals surface area contributed by atoms with E-state index in [4.69, 9.17) is 30.5 Å². The molecule has 230 valence electrons. The minimum Gasteiger partial charge on any atom is -0.463 e. The number of hydrogen-bond acceptors (Lipinski definition) is 10. The highest BCUT2D eigenvalue weighted by Crippen LogP contribution is 2.39. The Morgan fingerprint density at radius 1 is 1.00 bits per heavy atom. The summed E-state index contributed by atoms with van der Waals surface area (Å²) in [5.74, 6) is -6.03. The molecule has 0 amide bonds. The minimum atomic E-state index is -1.64. The van der Waals surface area contributed by atoms with Gasteiger partial charge in [-0.2, -0.15) is 0 Å². The fourth-order valence-corrected chi connectivity index (χ4v) is 5.99. The number of halogens is 4. The zero-order chi connectivity index (χ0) is 31.3. The van der Waals surface area contributed by atoms with Crippen LogP contribution in [0.5, 0.6) is 0 Å². The predicted molar refractivity (Wildman–Crippen MR) is 148 cm³/mol. The number of hydrogen-bond donors (Lipinski definition) is 0. The van der Waals surface area contributed by atoms with Crippen molar-refractivity contribution < 1.29 is 46.5 Å². The summed E-state index contributed by atoms with van der Waals surface area (Å²) in [4.78, 5) is 36.2. The molecule has 10 nitrogen and oxygen atoms in total. The highest BCUT2D eigenvalue weighted by Gasteiger charge is 2.51. The van der Waals surface area contributed by atoms with E-state index in [9.17, 15) is 27.6 Å². The van der Waals surface area contributed by atoms with Crippen LogP contribution in [0.4, 0.5) is 13.2 Å². The number of carbonyl (C=O) groups is 3. The number of aromatic nitrogens is 3. The second-order valence-electron chi connectivity index (χ2n) is 9.57. The summed E-state index contributed by atoms with van der Waals surface area (Å²) in [7, 11) is 0. The molecular formula is C28H27ClF3N3O7S. The van der Waals surface area contributed by atoms with Crippen LogP contribution in [0.1, 0.15) is 32.4 Å². The van der Waals surface area contributed by atoms with Crippen molar-refractivity contribution in [2.45, 2.75) is 57.0 Å². The van der Waals surface area contributed by atoms with Gasteiger partial charge in [0.2, 0.25) is 0 Å². The van der Waals surface area contributed by atoms with Gasteiger partial charge in [0.25, 0.3) is 0 Å². The number of rotatable bonds is 10. The van der Waals surface area contributed by atoms with Crippen LogP contribution in [0.2, 0.25) is 5.02 Å². The smallest absolute Gasteiger partial charge is 0.303 e. The van der Waals surface area contributed by atoms with Crippen LogP contribution in [0, 0.1) is 17.5 Å². The largest absolute Gasteiger partial charge is 0.463 e. The first-order valence-electron chi connectivity index (χ1n) is 13.0. The molecule has 1 aromatic heterocycles. The van der Waals surface area contributed by atoms with Crippen molar-refractivity contribution in [3.8, 4) is 11.3 Å². The molecule has 0 bridgehead atoms. The van der Waals surface area contributed by atoms with Crippen molar-refractivity contribution in [2.75, 3.05) is 12.4 Å². The second-order valence-corrected chi connectivity index (χ2v) is 11.2. The van der Waals surface area contributed by atoms with E-state index in [-0.39, 0.29) is 17.9 Å². The van der Waals surface area contributed by atoms with Crippen LogP contribution < -0.4 is 0 Å². The summed E-state index contributed by atoms with van der Waals surface area (Å²) in [5, 5.41) is 8.61. The van der Waals surface area contributed by atoms with Crippen molar-refractivity contribution in [3.05, 3.63) is 70.6 Å². The fourth-order valence-electron chi connectivity index (χ4n) is 4.56. The molecule has 43 heavy (non-hydrogen) atoms. The first-order valence-corrected chi connectivity index (χ1v) is 14.4. The van der Waals surface area contributed by atoms with Crippen molar-refractivity contribution in [3.63, 3.8) is 0 Å². The monoisotopic (exact) mass is 641 g/mol. The lowest BCUT2D eigenvalue weighted by molar-refractivity contribution is -0.212. The SMILES string of the molecule is CC(=O)OCC1OC(SCCc2cccc(Cl)c2)C(OC(C)=O)C(n2cc(-c3cc(F)c(F)c(F)c3)nn2)C1OC(C)=O. The van der Waals surface area contributed by atoms with Crippen LogP contribution in [0.25, 0.3) is 11.3 Å². The Bertz CT molecular complexity index is 1470. The third-order valence-corrected chi connectivity index (χ3v) is 7.71. The molecule has 0 saturated carbocycles. The molecule has 2 aromatic carbocycles. The summed E-state index contributed by atoms with van der Waals surface area (Å²) in [6.45, 7) is 3.22. The zero-order valence-corrected chi connectivity index (χ0v) is 24.7. The van der Waals surface area contributed by atoms with E-state index in [1.54, 1.807) is 6.07 Å². The van der Waals surface area contributed by atoms with Gasteiger partial charge in [0.15, 0.2) is 29.7 Å². The van der Waals surface area contributed by atoms with Gasteiger partial charge in [-0.05, 0) is 42.0 Å². The molecule has 5 atom stereocenters. The summed E-state index contributed by atoms with van der Waals surface area (Å²) in [5.41, 5.74) is -0.0973. The molecule has 1 fully saturated rings. The zero-order valence-electron chi connectivity index (χ0n) is 23.2. The molecule has 3 aromatic rings. The van der Waals surface area contributed by atoms with Gasteiger partial charge >= 0.3 is 17.9 Å². The van der Waals surface area contributed by atoms with Gasteiger partial charge in [0.1, 0.15) is 29.9 Å². The Hall–Kier alpha value is -3.62. The van der Waals surface area contributed by atoms with Gasteiger partial charge in [-0.25, -0.2) is 17.9 Å². The van der Waals surface area contributed by atoms with Crippen molar-refractivity contribution in [1.82, 2.24) is 15.0 Å². The summed E-state index contributed by atoms with van der Waals surface area (Å²) in [6.07, 6.45) is -1.54. The van der Waals surface area contributed by atoms with Crippen molar-refractivity contribution in [1.29, 1.82) is 0 Å². The topological polar surface area (TPSA) is 119 Å². The van der Waals surface area contributed by atoms with Gasteiger partial charge in [0.05, 0.1) is 6.20 Å². The Morgan fingerprint density at radius 2 is 1.67 bits per heavy atom. The number of carbonyl (C=O) groups excluding carboxylic acids is 3. The number of esters is 3. The molecule has 2 heterocycles. The molecule has 1 aliphatic heterocycles. The predicted octanol–water partition coefficient (Wildman–Crippen LogP) is 4.68. The maximum absolute atomic E-state index is 14.0. The van der Waals surface area contributed by atoms with Gasteiger partial charge in [-0.3, -0.25) is 14.4 Å². The summed E-state index contributed by atoms with van der Waals surface area (Å²) >= 11 is 7.39. The highest BCUT2D eigenvalue weighted by molar-refractivity contribution is 7.99. The molecule has 4 rings (SSSR count). The van der Waals surface area contributed by atoms with Gasteiger partial charge in [0, 0.05) is 31.4 Å². The van der Waals surface area contributed by atoms with E-state index in [0.29, 0.717) is 17.2 Å². The summed E-state index contributed by atoms with van der Waals surface area (Å²) < 4.78 is 65.4. The minimum absolute atomic E-state index is 0.0471. The van der Waals surface area contributed by atoms with E-state index in [1.165, 1.54) is 36.5 Å². The number of thioether (sulfide) groups is 1. The standard InChI is InChI=1S/C28H27ClF3N3O7S/c1-14(36)39-13-23-26(40-15(2)37)25(35-12-22(33-34-35)18-10-20(30)24(32)21(31)11-18)27(41-16(3)38)28(42-23)43-8-7-17-5-4-6-19(29)9-17/h4-6,9-12,23,25-28H,7-8,13H2,1-3H3. The average Bonchev–Trinajstić information content (AvgIpc) is 3.41. The molecule has 1 saturated heterocycles. The number of benzene rings is 2. The van der Waals surface area contributed by atoms with Crippen LogP contribution in [-0.4, -0.2) is 69.0 Å². The first-order chi connectivity index (χ1) is 20.4. The van der Waals surface area contributed by atoms with Gasteiger partial charge in [-0.15, -0.1) is 16.9 Å². The van der Waals surface area contributed by atoms with Gasteiger partial charge < -0.3 is 18.9 Å². The highest BCUT2D eigenvalue weighted by atomic mass is 35.5. The molecule has 0 N–H and O–H groups in total. The maximum Gasteiger partial charge on any atom is 0.303 e. The van der Waals surface area contributed by atoms with Crippen LogP contribution in [0.15, 0.2) is 42.6 Å². The molecule has 15 heteroatoms. The van der Waals surface area contributed by atoms with E-state index >= 15 is 0 Å². The lowest BCUT2D eigenvalue weighted by Gasteiger charge is -2.44. The van der Waals surface area contributed by atoms with Crippen LogP contribution >= 0.6 is 23.4 Å². The van der Waals surface area contributed by atoms with E-state index < -0.39 is 65.1 Å². The van der Waals surface area contributed by atoms with Gasteiger partial charge in [-0.1, -0.05) is 28.9 Å². The summed E-state index contributed by atoms with van der Waals surface area (Å²) in [6, 6.07) is 7.69. The lowest BCUT2D eigenvalue weighted by atomic mass is 9.96. The van der Waals surface area contributed by atoms with E-state index in [1.807, 2.05) is 18.2 Å². The quantitative estimate of drug-likeness (QED) is 0.175. The van der Waals surface area contributed by atoms with Crippen molar-refractivity contribution >= 4 is 41.3 Å². The van der Waals surface area contributed by atoms with Crippen LogP contribution in [-0.2, 0) is 39.8 Å². The molecular weight excluding hydrogens is 615 g/mol. The van der Waals surface area contributed by atoms with E-state index in [0.717, 1.165) is 24.6 Å².